The normalized spacial score (nSPS) is 16.5. The minimum Gasteiger partial charge on any atom is -0.384 e. The van der Waals surface area contributed by atoms with Crippen molar-refractivity contribution in [3.63, 3.8) is 0 Å². The van der Waals surface area contributed by atoms with Crippen LogP contribution in [0.3, 0.4) is 0 Å². The van der Waals surface area contributed by atoms with Crippen LogP contribution in [-0.2, 0) is 4.79 Å². The average Bonchev–Trinajstić information content (AvgIpc) is 2.86. The molecule has 1 aromatic rings. The molecular weight excluding hydrogens is 238 g/mol. The fourth-order valence-corrected chi connectivity index (χ4v) is 2.49. The first kappa shape index (κ1) is 13.6. The van der Waals surface area contributed by atoms with Gasteiger partial charge in [0.25, 0.3) is 0 Å². The molecule has 1 aliphatic rings. The Bertz CT molecular complexity index is 519. The van der Waals surface area contributed by atoms with Gasteiger partial charge in [-0.25, -0.2) is 0 Å². The predicted octanol–water partition coefficient (Wildman–Crippen LogP) is 2.55. The number of aliphatic hydroxyl groups excluding tert-OH is 1. The third-order valence-electron chi connectivity index (χ3n) is 3.73. The number of nitrogens with one attached hydrogen (secondary N) is 1. The molecule has 100 valence electrons. The van der Waals surface area contributed by atoms with Crippen LogP contribution in [0.1, 0.15) is 38.2 Å². The molecular formula is C16H19NO2. The summed E-state index contributed by atoms with van der Waals surface area (Å²) in [6.45, 7) is 1.84. The van der Waals surface area contributed by atoms with Crippen LogP contribution in [0.4, 0.5) is 5.69 Å². The molecule has 3 heteroatoms. The lowest BCUT2D eigenvalue weighted by Gasteiger charge is -2.22. The predicted molar refractivity (Wildman–Crippen MR) is 75.6 cm³/mol. The fraction of sp³-hybridized carbons (Fsp3) is 0.438. The summed E-state index contributed by atoms with van der Waals surface area (Å²) < 4.78 is 0. The van der Waals surface area contributed by atoms with Gasteiger partial charge in [0, 0.05) is 11.0 Å². The van der Waals surface area contributed by atoms with Crippen molar-refractivity contribution in [2.24, 2.45) is 5.41 Å². The van der Waals surface area contributed by atoms with Crippen molar-refractivity contribution in [1.82, 2.24) is 0 Å². The molecule has 0 atom stereocenters. The number of anilines is 1. The second-order valence-electron chi connectivity index (χ2n) is 5.23. The van der Waals surface area contributed by atoms with Crippen LogP contribution in [0.5, 0.6) is 0 Å². The number of amides is 1. The molecule has 1 aliphatic carbocycles. The lowest BCUT2D eigenvalue weighted by atomic mass is 9.87. The SMILES string of the molecule is CC1(C(=O)Nc2ccccc2C#CCO)CCCC1. The summed E-state index contributed by atoms with van der Waals surface area (Å²) in [5.74, 6) is 5.54. The van der Waals surface area contributed by atoms with Crippen molar-refractivity contribution in [1.29, 1.82) is 0 Å². The van der Waals surface area contributed by atoms with Gasteiger partial charge in [-0.2, -0.15) is 0 Å². The number of hydrogen-bond acceptors (Lipinski definition) is 2. The summed E-state index contributed by atoms with van der Waals surface area (Å²) >= 11 is 0. The van der Waals surface area contributed by atoms with E-state index in [9.17, 15) is 4.79 Å². The fourth-order valence-electron chi connectivity index (χ4n) is 2.49. The number of carbonyl (C=O) groups excluding carboxylic acids is 1. The van der Waals surface area contributed by atoms with Crippen molar-refractivity contribution in [2.75, 3.05) is 11.9 Å². The van der Waals surface area contributed by atoms with Gasteiger partial charge in [0.2, 0.25) is 5.91 Å². The van der Waals surface area contributed by atoms with E-state index in [4.69, 9.17) is 5.11 Å². The molecule has 3 nitrogen and oxygen atoms in total. The van der Waals surface area contributed by atoms with Crippen LogP contribution >= 0.6 is 0 Å². The molecule has 0 bridgehead atoms. The number of aliphatic hydroxyl groups is 1. The highest BCUT2D eigenvalue weighted by Gasteiger charge is 2.36. The van der Waals surface area contributed by atoms with Gasteiger partial charge in [-0.15, -0.1) is 0 Å². The number of rotatable bonds is 2. The van der Waals surface area contributed by atoms with Gasteiger partial charge < -0.3 is 10.4 Å². The summed E-state index contributed by atoms with van der Waals surface area (Å²) in [6.07, 6.45) is 4.14. The van der Waals surface area contributed by atoms with Crippen LogP contribution in [0.15, 0.2) is 24.3 Å². The third kappa shape index (κ3) is 3.15. The molecule has 0 unspecified atom stereocenters. The molecule has 1 saturated carbocycles. The maximum atomic E-state index is 12.4. The molecule has 0 saturated heterocycles. The van der Waals surface area contributed by atoms with E-state index in [0.717, 1.165) is 36.9 Å². The van der Waals surface area contributed by atoms with Gasteiger partial charge in [-0.3, -0.25) is 4.79 Å². The minimum atomic E-state index is -0.252. The first-order valence-electron chi connectivity index (χ1n) is 6.66. The molecule has 0 spiro atoms. The summed E-state index contributed by atoms with van der Waals surface area (Å²) in [7, 11) is 0. The number of hydrogen-bond donors (Lipinski definition) is 2. The third-order valence-corrected chi connectivity index (χ3v) is 3.73. The van der Waals surface area contributed by atoms with E-state index in [1.165, 1.54) is 0 Å². The Hall–Kier alpha value is -1.79. The van der Waals surface area contributed by atoms with E-state index in [0.29, 0.717) is 0 Å². The van der Waals surface area contributed by atoms with Gasteiger partial charge in [0.1, 0.15) is 6.61 Å². The zero-order valence-electron chi connectivity index (χ0n) is 11.2. The molecule has 19 heavy (non-hydrogen) atoms. The smallest absolute Gasteiger partial charge is 0.230 e. The summed E-state index contributed by atoms with van der Waals surface area (Å²) in [5.41, 5.74) is 1.21. The molecule has 1 aromatic carbocycles. The van der Waals surface area contributed by atoms with Gasteiger partial charge >= 0.3 is 0 Å². The Morgan fingerprint density at radius 3 is 2.74 bits per heavy atom. The van der Waals surface area contributed by atoms with Crippen LogP contribution in [0.2, 0.25) is 0 Å². The molecule has 1 fully saturated rings. The highest BCUT2D eigenvalue weighted by atomic mass is 16.2. The quantitative estimate of drug-likeness (QED) is 0.800. The zero-order valence-corrected chi connectivity index (χ0v) is 11.2. The Labute approximate surface area is 114 Å². The number of para-hydroxylation sites is 1. The first-order chi connectivity index (χ1) is 9.15. The number of benzene rings is 1. The summed E-state index contributed by atoms with van der Waals surface area (Å²) in [5, 5.41) is 11.7. The zero-order chi connectivity index (χ0) is 13.7. The topological polar surface area (TPSA) is 49.3 Å². The van der Waals surface area contributed by atoms with Crippen molar-refractivity contribution in [3.8, 4) is 11.8 Å². The monoisotopic (exact) mass is 257 g/mol. The second kappa shape index (κ2) is 5.90. The van der Waals surface area contributed by atoms with E-state index in [-0.39, 0.29) is 17.9 Å². The van der Waals surface area contributed by atoms with E-state index in [1.807, 2.05) is 31.2 Å². The van der Waals surface area contributed by atoms with Gasteiger partial charge in [0.05, 0.1) is 5.69 Å². The van der Waals surface area contributed by atoms with Crippen molar-refractivity contribution < 1.29 is 9.90 Å². The molecule has 0 aliphatic heterocycles. The maximum absolute atomic E-state index is 12.4. The van der Waals surface area contributed by atoms with E-state index in [2.05, 4.69) is 17.2 Å². The summed E-state index contributed by atoms with van der Waals surface area (Å²) in [6, 6.07) is 7.43. The Morgan fingerprint density at radius 1 is 1.37 bits per heavy atom. The van der Waals surface area contributed by atoms with E-state index < -0.39 is 0 Å². The molecule has 0 radical (unpaired) electrons. The average molecular weight is 257 g/mol. The molecule has 0 aromatic heterocycles. The van der Waals surface area contributed by atoms with Gasteiger partial charge in [-0.1, -0.05) is 43.7 Å². The van der Waals surface area contributed by atoms with Gasteiger partial charge in [0.15, 0.2) is 0 Å². The van der Waals surface area contributed by atoms with Crippen LogP contribution in [0, 0.1) is 17.3 Å². The van der Waals surface area contributed by atoms with Crippen molar-refractivity contribution in [3.05, 3.63) is 29.8 Å². The first-order valence-corrected chi connectivity index (χ1v) is 6.66. The van der Waals surface area contributed by atoms with E-state index >= 15 is 0 Å². The molecule has 2 rings (SSSR count). The van der Waals surface area contributed by atoms with Gasteiger partial charge in [-0.05, 0) is 25.0 Å². The lowest BCUT2D eigenvalue weighted by molar-refractivity contribution is -0.124. The lowest BCUT2D eigenvalue weighted by Crippen LogP contribution is -2.31. The molecule has 2 N–H and O–H groups in total. The summed E-state index contributed by atoms with van der Waals surface area (Å²) in [4.78, 5) is 12.4. The Kier molecular flexibility index (Phi) is 4.24. The highest BCUT2D eigenvalue weighted by molar-refractivity contribution is 5.96. The maximum Gasteiger partial charge on any atom is 0.230 e. The minimum absolute atomic E-state index is 0.0725. The standard InChI is InChI=1S/C16H19NO2/c1-16(10-4-5-11-16)15(19)17-14-9-3-2-7-13(14)8-6-12-18/h2-3,7,9,18H,4-5,10-12H2,1H3,(H,17,19). The second-order valence-corrected chi connectivity index (χ2v) is 5.23. The molecule has 1 amide bonds. The molecule has 0 heterocycles. The number of carbonyl (C=O) groups is 1. The van der Waals surface area contributed by atoms with Crippen LogP contribution in [0.25, 0.3) is 0 Å². The van der Waals surface area contributed by atoms with Crippen molar-refractivity contribution >= 4 is 11.6 Å². The van der Waals surface area contributed by atoms with Crippen LogP contribution < -0.4 is 5.32 Å². The Balaban J connectivity index is 2.17. The Morgan fingerprint density at radius 2 is 2.05 bits per heavy atom. The van der Waals surface area contributed by atoms with E-state index in [1.54, 1.807) is 0 Å². The largest absolute Gasteiger partial charge is 0.384 e. The van der Waals surface area contributed by atoms with Crippen LogP contribution in [-0.4, -0.2) is 17.6 Å². The highest BCUT2D eigenvalue weighted by Crippen LogP contribution is 2.38. The van der Waals surface area contributed by atoms with Crippen molar-refractivity contribution in [2.45, 2.75) is 32.6 Å².